The zero-order chi connectivity index (χ0) is 22.1. The highest BCUT2D eigenvalue weighted by molar-refractivity contribution is 7.90. The lowest BCUT2D eigenvalue weighted by molar-refractivity contribution is -0.144. The molecule has 164 valence electrons. The molecule has 0 saturated heterocycles. The van der Waals surface area contributed by atoms with Gasteiger partial charge in [-0.2, -0.15) is 8.42 Å². The normalized spacial score (nSPS) is 18.5. The number of hydrogen-bond acceptors (Lipinski definition) is 8. The molecule has 0 spiro atoms. The number of anilines is 3. The van der Waals surface area contributed by atoms with Crippen LogP contribution in [0.5, 0.6) is 0 Å². The van der Waals surface area contributed by atoms with E-state index in [0.717, 1.165) is 34.2 Å². The molecule has 3 aromatic rings. The first-order valence-corrected chi connectivity index (χ1v) is 12.4. The number of sulfonamides is 1. The van der Waals surface area contributed by atoms with Gasteiger partial charge in [0.25, 0.3) is 10.0 Å². The molecule has 0 bridgehead atoms. The van der Waals surface area contributed by atoms with Crippen molar-refractivity contribution in [2.24, 2.45) is 4.40 Å². The first-order valence-electron chi connectivity index (χ1n) is 10.2. The second-order valence-electron chi connectivity index (χ2n) is 7.51. The molecule has 1 aromatic heterocycles. The number of esters is 1. The van der Waals surface area contributed by atoms with E-state index in [9.17, 15) is 13.2 Å². The van der Waals surface area contributed by atoms with Crippen LogP contribution >= 0.6 is 11.3 Å². The summed E-state index contributed by atoms with van der Waals surface area (Å²) < 4.78 is 33.9. The number of carbonyl (C=O) groups excluding carboxylic acids is 1. The van der Waals surface area contributed by atoms with Gasteiger partial charge in [0.2, 0.25) is 0 Å². The van der Waals surface area contributed by atoms with Crippen molar-refractivity contribution in [3.05, 3.63) is 65.2 Å². The molecule has 8 nitrogen and oxygen atoms in total. The summed E-state index contributed by atoms with van der Waals surface area (Å²) in [5, 5.41) is 6.95. The third-order valence-electron chi connectivity index (χ3n) is 5.29. The highest BCUT2D eigenvalue weighted by Gasteiger charge is 2.32. The molecule has 0 saturated carbocycles. The minimum atomic E-state index is -3.82. The summed E-state index contributed by atoms with van der Waals surface area (Å²) in [4.78, 5) is 18.7. The smallest absolute Gasteiger partial charge is 0.315 e. The van der Waals surface area contributed by atoms with Crippen LogP contribution in [0, 0.1) is 0 Å². The van der Waals surface area contributed by atoms with Gasteiger partial charge in [-0.1, -0.05) is 30.3 Å². The first-order chi connectivity index (χ1) is 15.5. The summed E-state index contributed by atoms with van der Waals surface area (Å²) in [5.74, 6) is -0.824. The Morgan fingerprint density at radius 3 is 2.78 bits per heavy atom. The second kappa shape index (κ2) is 8.36. The Hall–Kier alpha value is -3.24. The van der Waals surface area contributed by atoms with E-state index in [-0.39, 0.29) is 17.3 Å². The predicted molar refractivity (Wildman–Crippen MR) is 123 cm³/mol. The Labute approximate surface area is 189 Å². The number of carbonyl (C=O) groups is 1. The third kappa shape index (κ3) is 4.11. The molecule has 5 rings (SSSR count). The molecule has 2 N–H and O–H groups in total. The van der Waals surface area contributed by atoms with Crippen LogP contribution in [0.2, 0.25) is 0 Å². The van der Waals surface area contributed by atoms with Crippen LogP contribution in [-0.4, -0.2) is 31.8 Å². The Kier molecular flexibility index (Phi) is 5.40. The number of ether oxygens (including phenoxy) is 1. The standard InChI is InChI=1S/C22H20N4O4S2/c27-21(30-13-19-24-16-10-4-5-12-18(16)32(28,29)26-19)15-9-6-11-17-20(15)25-22(31-17)23-14-7-2-1-3-8-14/h1-5,7-8,10,12,15H,6,9,11,13H2,(H,23,25)(H,24,26). The molecule has 2 heterocycles. The zero-order valence-corrected chi connectivity index (χ0v) is 18.6. The molecular formula is C22H20N4O4S2. The number of fused-ring (bicyclic) bond motifs is 2. The lowest BCUT2D eigenvalue weighted by Crippen LogP contribution is -2.29. The van der Waals surface area contributed by atoms with Crippen molar-refractivity contribution < 1.29 is 17.9 Å². The number of nitrogens with one attached hydrogen (secondary N) is 2. The number of rotatable bonds is 5. The van der Waals surface area contributed by atoms with E-state index in [0.29, 0.717) is 12.1 Å². The molecule has 0 fully saturated rings. The van der Waals surface area contributed by atoms with Crippen molar-refractivity contribution in [2.45, 2.75) is 30.1 Å². The van der Waals surface area contributed by atoms with E-state index in [4.69, 9.17) is 4.74 Å². The van der Waals surface area contributed by atoms with Crippen LogP contribution in [0.25, 0.3) is 0 Å². The van der Waals surface area contributed by atoms with E-state index in [1.54, 1.807) is 29.5 Å². The number of nitrogens with zero attached hydrogens (tertiary/aromatic N) is 2. The van der Waals surface area contributed by atoms with E-state index in [1.807, 2.05) is 30.3 Å². The Morgan fingerprint density at radius 2 is 1.94 bits per heavy atom. The topological polar surface area (TPSA) is 110 Å². The molecule has 0 amide bonds. The highest BCUT2D eigenvalue weighted by Crippen LogP contribution is 2.38. The second-order valence-corrected chi connectivity index (χ2v) is 10.2. The van der Waals surface area contributed by atoms with Crippen LogP contribution < -0.4 is 10.6 Å². The number of hydrogen-bond donors (Lipinski definition) is 2. The van der Waals surface area contributed by atoms with Gasteiger partial charge in [-0.15, -0.1) is 15.7 Å². The van der Waals surface area contributed by atoms with Crippen molar-refractivity contribution in [1.82, 2.24) is 4.98 Å². The highest BCUT2D eigenvalue weighted by atomic mass is 32.2. The van der Waals surface area contributed by atoms with Gasteiger partial charge in [-0.3, -0.25) is 4.79 Å². The summed E-state index contributed by atoms with van der Waals surface area (Å²) in [7, 11) is -3.82. The van der Waals surface area contributed by atoms with E-state index < -0.39 is 21.9 Å². The summed E-state index contributed by atoms with van der Waals surface area (Å²) in [5.41, 5.74) is 2.09. The molecule has 32 heavy (non-hydrogen) atoms. The van der Waals surface area contributed by atoms with Crippen LogP contribution in [0.15, 0.2) is 63.9 Å². The van der Waals surface area contributed by atoms with Crippen LogP contribution in [-0.2, 0) is 26.0 Å². The summed E-state index contributed by atoms with van der Waals surface area (Å²) in [6.45, 7) is -0.252. The first kappa shape index (κ1) is 20.7. The molecule has 2 aliphatic rings. The number of thiazole rings is 1. The summed E-state index contributed by atoms with van der Waals surface area (Å²) >= 11 is 1.54. The van der Waals surface area contributed by atoms with E-state index in [1.165, 1.54) is 6.07 Å². The molecule has 2 aromatic carbocycles. The maximum Gasteiger partial charge on any atom is 0.315 e. The van der Waals surface area contributed by atoms with Gasteiger partial charge in [0.1, 0.15) is 17.4 Å². The Balaban J connectivity index is 1.29. The van der Waals surface area contributed by atoms with Crippen molar-refractivity contribution in [3.8, 4) is 0 Å². The lowest BCUT2D eigenvalue weighted by atomic mass is 9.91. The molecule has 1 atom stereocenters. The fourth-order valence-electron chi connectivity index (χ4n) is 3.82. The molecule has 1 unspecified atom stereocenters. The predicted octanol–water partition coefficient (Wildman–Crippen LogP) is 4.06. The Bertz CT molecular complexity index is 1300. The van der Waals surface area contributed by atoms with Gasteiger partial charge in [0.05, 0.1) is 11.4 Å². The monoisotopic (exact) mass is 468 g/mol. The maximum atomic E-state index is 12.9. The quantitative estimate of drug-likeness (QED) is 0.543. The van der Waals surface area contributed by atoms with Gasteiger partial charge in [0.15, 0.2) is 11.0 Å². The molecule has 0 radical (unpaired) electrons. The van der Waals surface area contributed by atoms with Crippen molar-refractivity contribution in [3.63, 3.8) is 0 Å². The number of aromatic nitrogens is 1. The van der Waals surface area contributed by atoms with Gasteiger partial charge in [0, 0.05) is 10.6 Å². The van der Waals surface area contributed by atoms with Gasteiger partial charge < -0.3 is 15.4 Å². The van der Waals surface area contributed by atoms with Crippen LogP contribution in [0.3, 0.4) is 0 Å². The third-order valence-corrected chi connectivity index (χ3v) is 7.71. The Morgan fingerprint density at radius 1 is 1.16 bits per heavy atom. The zero-order valence-electron chi connectivity index (χ0n) is 16.9. The fraction of sp³-hybridized carbons (Fsp3) is 0.227. The number of amidine groups is 1. The minimum absolute atomic E-state index is 0.0813. The average Bonchev–Trinajstić information content (AvgIpc) is 3.20. The van der Waals surface area contributed by atoms with Crippen molar-refractivity contribution in [1.29, 1.82) is 0 Å². The molecule has 1 aliphatic heterocycles. The van der Waals surface area contributed by atoms with Crippen molar-refractivity contribution in [2.75, 3.05) is 17.2 Å². The number of para-hydroxylation sites is 2. The fourth-order valence-corrected chi connectivity index (χ4v) is 6.04. The number of benzene rings is 2. The maximum absolute atomic E-state index is 12.9. The summed E-state index contributed by atoms with van der Waals surface area (Å²) in [6, 6.07) is 16.2. The van der Waals surface area contributed by atoms with E-state index >= 15 is 0 Å². The van der Waals surface area contributed by atoms with Crippen LogP contribution in [0.4, 0.5) is 16.5 Å². The van der Waals surface area contributed by atoms with Crippen LogP contribution in [0.1, 0.15) is 29.3 Å². The lowest BCUT2D eigenvalue weighted by Gasteiger charge is -2.21. The molecular weight excluding hydrogens is 448 g/mol. The van der Waals surface area contributed by atoms with Gasteiger partial charge >= 0.3 is 5.97 Å². The minimum Gasteiger partial charge on any atom is -0.457 e. The largest absolute Gasteiger partial charge is 0.457 e. The van der Waals surface area contributed by atoms with Gasteiger partial charge in [-0.05, 0) is 43.5 Å². The molecule has 10 heteroatoms. The summed E-state index contributed by atoms with van der Waals surface area (Å²) in [6.07, 6.45) is 2.37. The average molecular weight is 469 g/mol. The van der Waals surface area contributed by atoms with Crippen molar-refractivity contribution >= 4 is 49.7 Å². The number of aryl methyl sites for hydroxylation is 1. The SMILES string of the molecule is O=C(OCC1=NS(=O)(=O)c2ccccc2N1)C1CCCc2sc(Nc3ccccc3)nc21. The van der Waals surface area contributed by atoms with Gasteiger partial charge in [-0.25, -0.2) is 4.98 Å². The molecule has 1 aliphatic carbocycles. The van der Waals surface area contributed by atoms with E-state index in [2.05, 4.69) is 20.0 Å².